The molecular weight excluding hydrogens is 367 g/mol. The Morgan fingerprint density at radius 3 is 2.62 bits per heavy atom. The first kappa shape index (κ1) is 19.1. The number of nitrogens with zero attached hydrogens (tertiary/aromatic N) is 1. The molecule has 0 radical (unpaired) electrons. The number of halogens is 1. The summed E-state index contributed by atoms with van der Waals surface area (Å²) in [5.74, 6) is 0.292. The first-order valence-corrected chi connectivity index (χ1v) is 10.5. The summed E-state index contributed by atoms with van der Waals surface area (Å²) in [7, 11) is 0. The van der Waals surface area contributed by atoms with Crippen LogP contribution in [-0.4, -0.2) is 9.97 Å². The van der Waals surface area contributed by atoms with E-state index >= 15 is 0 Å². The Kier molecular flexibility index (Phi) is 5.82. The van der Waals surface area contributed by atoms with Crippen molar-refractivity contribution in [2.24, 2.45) is 5.92 Å². The highest BCUT2D eigenvalue weighted by Crippen LogP contribution is 2.35. The largest absolute Gasteiger partial charge is 0.301 e. The van der Waals surface area contributed by atoms with Gasteiger partial charge in [0.2, 0.25) is 0 Å². The third-order valence-electron chi connectivity index (χ3n) is 4.72. The fraction of sp³-hybridized carbons (Fsp3) is 0.400. The summed E-state index contributed by atoms with van der Waals surface area (Å²) < 4.78 is 13.1. The van der Waals surface area contributed by atoms with Gasteiger partial charge in [0.05, 0.1) is 5.39 Å². The molecule has 0 spiro atoms. The van der Waals surface area contributed by atoms with E-state index in [9.17, 15) is 9.18 Å². The highest BCUT2D eigenvalue weighted by Gasteiger charge is 2.18. The molecule has 1 aromatic carbocycles. The molecule has 0 unspecified atom stereocenters. The number of aromatic amines is 1. The minimum absolute atomic E-state index is 0.0635. The topological polar surface area (TPSA) is 45.8 Å². The number of thiophene rings is 1. The number of H-pyrrole nitrogens is 1. The molecule has 0 saturated heterocycles. The van der Waals surface area contributed by atoms with Gasteiger partial charge in [-0.05, 0) is 49.4 Å². The number of hydrogen-bond acceptors (Lipinski definition) is 4. The lowest BCUT2D eigenvalue weighted by Gasteiger charge is -2.11. The maximum Gasteiger partial charge on any atom is 0.260 e. The van der Waals surface area contributed by atoms with Gasteiger partial charge in [0, 0.05) is 10.1 Å². The molecule has 0 aliphatic carbocycles. The van der Waals surface area contributed by atoms with E-state index in [1.54, 1.807) is 23.5 Å². The molecule has 0 fully saturated rings. The molecule has 0 bridgehead atoms. The lowest BCUT2D eigenvalue weighted by Crippen LogP contribution is -2.11. The second-order valence-corrected chi connectivity index (χ2v) is 9.25. The van der Waals surface area contributed by atoms with Gasteiger partial charge in [-0.2, -0.15) is 0 Å². The molecule has 3 nitrogen and oxygen atoms in total. The summed E-state index contributed by atoms with van der Waals surface area (Å²) in [5.41, 5.74) is 2.07. The third kappa shape index (κ3) is 4.01. The fourth-order valence-electron chi connectivity index (χ4n) is 2.92. The molecule has 0 aliphatic rings. The average Bonchev–Trinajstić information content (AvgIpc) is 2.91. The van der Waals surface area contributed by atoms with Crippen LogP contribution in [0.4, 0.5) is 4.39 Å². The van der Waals surface area contributed by atoms with E-state index < -0.39 is 0 Å². The minimum Gasteiger partial charge on any atom is -0.301 e. The highest BCUT2D eigenvalue weighted by atomic mass is 32.2. The Balaban J connectivity index is 1.91. The quantitative estimate of drug-likeness (QED) is 0.423. The summed E-state index contributed by atoms with van der Waals surface area (Å²) in [6.07, 6.45) is 2.00. The van der Waals surface area contributed by atoms with Crippen LogP contribution < -0.4 is 5.56 Å². The van der Waals surface area contributed by atoms with Crippen LogP contribution in [0.3, 0.4) is 0 Å². The maximum atomic E-state index is 13.1. The van der Waals surface area contributed by atoms with Crippen LogP contribution in [0.5, 0.6) is 0 Å². The van der Waals surface area contributed by atoms with Crippen LogP contribution in [0.2, 0.25) is 0 Å². The molecule has 2 aromatic heterocycles. The molecule has 138 valence electrons. The molecular formula is C20H23FN2OS2. The second-order valence-electron chi connectivity index (χ2n) is 6.72. The first-order valence-electron chi connectivity index (χ1n) is 8.83. The summed E-state index contributed by atoms with van der Waals surface area (Å²) in [4.78, 5) is 22.3. The number of fused-ring (bicyclic) bond motifs is 1. The average molecular weight is 391 g/mol. The minimum atomic E-state index is -0.248. The Labute approximate surface area is 161 Å². The fourth-order valence-corrected chi connectivity index (χ4v) is 4.95. The number of aromatic nitrogens is 2. The van der Waals surface area contributed by atoms with Crippen molar-refractivity contribution in [3.8, 4) is 0 Å². The highest BCUT2D eigenvalue weighted by molar-refractivity contribution is 7.99. The molecule has 0 aliphatic heterocycles. The number of rotatable bonds is 6. The van der Waals surface area contributed by atoms with Crippen LogP contribution in [0.25, 0.3) is 10.2 Å². The number of nitrogens with one attached hydrogen (secondary N) is 1. The molecule has 0 saturated carbocycles. The van der Waals surface area contributed by atoms with E-state index in [0.717, 1.165) is 34.2 Å². The van der Waals surface area contributed by atoms with Crippen molar-refractivity contribution in [3.63, 3.8) is 0 Å². The smallest absolute Gasteiger partial charge is 0.260 e. The Morgan fingerprint density at radius 2 is 1.96 bits per heavy atom. The van der Waals surface area contributed by atoms with E-state index in [1.165, 1.54) is 28.8 Å². The molecule has 0 amide bonds. The van der Waals surface area contributed by atoms with E-state index in [1.807, 2.05) is 6.92 Å². The first-order chi connectivity index (χ1) is 12.4. The lowest BCUT2D eigenvalue weighted by molar-refractivity contribution is 0.561. The maximum absolute atomic E-state index is 13.1. The predicted molar refractivity (Wildman–Crippen MR) is 109 cm³/mol. The van der Waals surface area contributed by atoms with Crippen LogP contribution in [0.1, 0.15) is 48.4 Å². The zero-order valence-corrected chi connectivity index (χ0v) is 17.1. The summed E-state index contributed by atoms with van der Waals surface area (Å²) >= 11 is 3.07. The van der Waals surface area contributed by atoms with Gasteiger partial charge in [-0.15, -0.1) is 11.3 Å². The summed E-state index contributed by atoms with van der Waals surface area (Å²) in [6, 6.07) is 6.44. The van der Waals surface area contributed by atoms with Gasteiger partial charge in [0.1, 0.15) is 10.6 Å². The van der Waals surface area contributed by atoms with Gasteiger partial charge in [-0.1, -0.05) is 44.2 Å². The zero-order valence-electron chi connectivity index (χ0n) is 15.4. The van der Waals surface area contributed by atoms with E-state index in [-0.39, 0.29) is 16.6 Å². The van der Waals surface area contributed by atoms with Gasteiger partial charge in [-0.25, -0.2) is 9.37 Å². The number of thioether (sulfide) groups is 1. The van der Waals surface area contributed by atoms with E-state index in [4.69, 9.17) is 0 Å². The molecule has 6 heteroatoms. The van der Waals surface area contributed by atoms with Crippen molar-refractivity contribution >= 4 is 33.3 Å². The number of benzene rings is 1. The third-order valence-corrected chi connectivity index (χ3v) is 6.80. The predicted octanol–water partition coefficient (Wildman–Crippen LogP) is 5.87. The Hall–Kier alpha value is -1.66. The lowest BCUT2D eigenvalue weighted by atomic mass is 9.98. The van der Waals surface area contributed by atoms with Crippen LogP contribution in [-0.2, 0) is 6.42 Å². The second kappa shape index (κ2) is 7.92. The van der Waals surface area contributed by atoms with Crippen molar-refractivity contribution in [1.29, 1.82) is 0 Å². The standard InChI is InChI=1S/C20H23FN2OS2/c1-5-11(2)10-16-13(4)25-19-17(16)18(24)22-20(23-19)26-12(3)14-6-8-15(21)9-7-14/h6-9,11-12H,5,10H2,1-4H3,(H,22,23,24)/t11-,12-/m1/s1. The van der Waals surface area contributed by atoms with E-state index in [0.29, 0.717) is 11.1 Å². The van der Waals surface area contributed by atoms with Gasteiger partial charge < -0.3 is 4.98 Å². The van der Waals surface area contributed by atoms with Crippen molar-refractivity contribution < 1.29 is 4.39 Å². The van der Waals surface area contributed by atoms with Crippen molar-refractivity contribution in [2.75, 3.05) is 0 Å². The van der Waals surface area contributed by atoms with Gasteiger partial charge in [-0.3, -0.25) is 4.79 Å². The van der Waals surface area contributed by atoms with Crippen LogP contribution in [0, 0.1) is 18.7 Å². The molecule has 3 aromatic rings. The van der Waals surface area contributed by atoms with Crippen molar-refractivity contribution in [1.82, 2.24) is 9.97 Å². The molecule has 3 rings (SSSR count). The Morgan fingerprint density at radius 1 is 1.27 bits per heavy atom. The molecule has 2 atom stereocenters. The monoisotopic (exact) mass is 390 g/mol. The van der Waals surface area contributed by atoms with E-state index in [2.05, 4.69) is 30.7 Å². The zero-order chi connectivity index (χ0) is 18.8. The van der Waals surface area contributed by atoms with Gasteiger partial charge in [0.15, 0.2) is 5.16 Å². The van der Waals surface area contributed by atoms with Crippen molar-refractivity contribution in [2.45, 2.75) is 50.9 Å². The normalized spacial score (nSPS) is 13.9. The SMILES string of the molecule is CC[C@@H](C)Cc1c(C)sc2nc(S[C@H](C)c3ccc(F)cc3)[nH]c(=O)c12. The van der Waals surface area contributed by atoms with Crippen molar-refractivity contribution in [3.05, 3.63) is 56.4 Å². The van der Waals surface area contributed by atoms with Crippen LogP contribution in [0.15, 0.2) is 34.2 Å². The summed E-state index contributed by atoms with van der Waals surface area (Å²) in [5, 5.41) is 1.42. The molecule has 1 N–H and O–H groups in total. The Bertz CT molecular complexity index is 962. The number of hydrogen-bond donors (Lipinski definition) is 1. The molecule has 2 heterocycles. The summed E-state index contributed by atoms with van der Waals surface area (Å²) in [6.45, 7) is 8.47. The van der Waals surface area contributed by atoms with Crippen LogP contribution >= 0.6 is 23.1 Å². The number of aryl methyl sites for hydroxylation is 1. The molecule has 26 heavy (non-hydrogen) atoms. The van der Waals surface area contributed by atoms with Gasteiger partial charge in [0.25, 0.3) is 5.56 Å². The van der Waals surface area contributed by atoms with Gasteiger partial charge >= 0.3 is 0 Å².